The van der Waals surface area contributed by atoms with Crippen molar-refractivity contribution in [2.24, 2.45) is 0 Å². The third kappa shape index (κ3) is 4.93. The van der Waals surface area contributed by atoms with Crippen LogP contribution in [-0.4, -0.2) is 19.1 Å². The summed E-state index contributed by atoms with van der Waals surface area (Å²) in [6.45, 7) is 2.49. The van der Waals surface area contributed by atoms with Gasteiger partial charge in [-0.3, -0.25) is 4.79 Å². The number of carbonyl (C=O) groups is 1. The second-order valence-electron chi connectivity index (χ2n) is 4.91. The summed E-state index contributed by atoms with van der Waals surface area (Å²) in [5.41, 5.74) is 9.35. The van der Waals surface area contributed by atoms with Crippen LogP contribution in [0, 0.1) is 6.92 Å². The van der Waals surface area contributed by atoms with Crippen LogP contribution in [-0.2, 0) is 16.0 Å². The van der Waals surface area contributed by atoms with E-state index in [0.717, 1.165) is 12.0 Å². The zero-order valence-corrected chi connectivity index (χ0v) is 12.1. The van der Waals surface area contributed by atoms with Gasteiger partial charge in [0.1, 0.15) is 6.61 Å². The first-order valence-electron chi connectivity index (χ1n) is 6.93. The predicted octanol–water partition coefficient (Wildman–Crippen LogP) is 2.78. The molecule has 110 valence electrons. The van der Waals surface area contributed by atoms with Crippen molar-refractivity contribution in [3.8, 4) is 0 Å². The summed E-state index contributed by atoms with van der Waals surface area (Å²) in [7, 11) is 0. The first-order chi connectivity index (χ1) is 10.1. The number of aryl methyl sites for hydroxylation is 1. The van der Waals surface area contributed by atoms with Crippen LogP contribution in [0.2, 0.25) is 0 Å². The molecule has 0 aliphatic rings. The molecule has 0 unspecified atom stereocenters. The van der Waals surface area contributed by atoms with Crippen molar-refractivity contribution in [2.75, 3.05) is 24.3 Å². The Labute approximate surface area is 124 Å². The zero-order valence-electron chi connectivity index (χ0n) is 12.1. The molecule has 0 aliphatic heterocycles. The van der Waals surface area contributed by atoms with Crippen LogP contribution in [0.1, 0.15) is 11.1 Å². The number of ether oxygens (including phenoxy) is 1. The Morgan fingerprint density at radius 2 is 1.95 bits per heavy atom. The maximum absolute atomic E-state index is 11.7. The normalized spacial score (nSPS) is 10.3. The number of anilines is 2. The van der Waals surface area contributed by atoms with E-state index < -0.39 is 0 Å². The van der Waals surface area contributed by atoms with Gasteiger partial charge in [-0.2, -0.15) is 0 Å². The van der Waals surface area contributed by atoms with E-state index in [2.05, 4.69) is 5.32 Å². The Morgan fingerprint density at radius 1 is 1.19 bits per heavy atom. The highest BCUT2D eigenvalue weighted by Crippen LogP contribution is 2.16. The van der Waals surface area contributed by atoms with Crippen molar-refractivity contribution in [1.82, 2.24) is 0 Å². The minimum Gasteiger partial charge on any atom is -0.398 e. The highest BCUT2D eigenvalue weighted by Gasteiger charge is 2.04. The molecular formula is C17H20N2O2. The molecule has 2 rings (SSSR count). The first-order valence-corrected chi connectivity index (χ1v) is 6.93. The lowest BCUT2D eigenvalue weighted by atomic mass is 10.2. The Balaban J connectivity index is 1.71. The number of benzene rings is 2. The van der Waals surface area contributed by atoms with Gasteiger partial charge in [0.15, 0.2) is 0 Å². The predicted molar refractivity (Wildman–Crippen MR) is 85.2 cm³/mol. The van der Waals surface area contributed by atoms with Gasteiger partial charge >= 0.3 is 0 Å². The summed E-state index contributed by atoms with van der Waals surface area (Å²) in [5, 5.41) is 2.76. The minimum atomic E-state index is -0.175. The molecule has 0 atom stereocenters. The van der Waals surface area contributed by atoms with Crippen molar-refractivity contribution < 1.29 is 9.53 Å². The van der Waals surface area contributed by atoms with Crippen LogP contribution in [0.3, 0.4) is 0 Å². The summed E-state index contributed by atoms with van der Waals surface area (Å²) in [6.07, 6.45) is 0.797. The van der Waals surface area contributed by atoms with E-state index in [0.29, 0.717) is 18.0 Å². The standard InChI is InChI=1S/C17H20N2O2/c1-13-7-8-15(11-16(13)18)19-17(20)12-21-10-9-14-5-3-2-4-6-14/h2-8,11H,9-10,12,18H2,1H3,(H,19,20). The monoisotopic (exact) mass is 284 g/mol. The summed E-state index contributed by atoms with van der Waals surface area (Å²) in [5.74, 6) is -0.175. The van der Waals surface area contributed by atoms with Gasteiger partial charge in [-0.1, -0.05) is 36.4 Å². The number of amides is 1. The van der Waals surface area contributed by atoms with E-state index in [4.69, 9.17) is 10.5 Å². The highest BCUT2D eigenvalue weighted by molar-refractivity contribution is 5.92. The largest absolute Gasteiger partial charge is 0.398 e. The molecule has 0 aromatic heterocycles. The number of rotatable bonds is 6. The van der Waals surface area contributed by atoms with Crippen molar-refractivity contribution in [3.05, 3.63) is 59.7 Å². The van der Waals surface area contributed by atoms with Crippen molar-refractivity contribution in [2.45, 2.75) is 13.3 Å². The Bertz CT molecular complexity index is 597. The second-order valence-corrected chi connectivity index (χ2v) is 4.91. The molecule has 0 bridgehead atoms. The van der Waals surface area contributed by atoms with E-state index in [1.807, 2.05) is 49.4 Å². The molecule has 3 N–H and O–H groups in total. The third-order valence-corrected chi connectivity index (χ3v) is 3.17. The van der Waals surface area contributed by atoms with Gasteiger partial charge < -0.3 is 15.8 Å². The number of hydrogen-bond donors (Lipinski definition) is 2. The van der Waals surface area contributed by atoms with Crippen LogP contribution in [0.15, 0.2) is 48.5 Å². The van der Waals surface area contributed by atoms with Crippen molar-refractivity contribution in [3.63, 3.8) is 0 Å². The fourth-order valence-corrected chi connectivity index (χ4v) is 1.91. The van der Waals surface area contributed by atoms with E-state index >= 15 is 0 Å². The maximum atomic E-state index is 11.7. The molecule has 4 nitrogen and oxygen atoms in total. The molecule has 1 amide bonds. The molecule has 4 heteroatoms. The number of hydrogen-bond acceptors (Lipinski definition) is 3. The van der Waals surface area contributed by atoms with Crippen LogP contribution in [0.25, 0.3) is 0 Å². The molecule has 0 heterocycles. The molecule has 2 aromatic carbocycles. The number of nitrogens with one attached hydrogen (secondary N) is 1. The summed E-state index contributed by atoms with van der Waals surface area (Å²) in [6, 6.07) is 15.5. The molecule has 0 spiro atoms. The van der Waals surface area contributed by atoms with E-state index in [-0.39, 0.29) is 12.5 Å². The van der Waals surface area contributed by atoms with Gasteiger partial charge in [0.2, 0.25) is 5.91 Å². The Kier molecular flexibility index (Phi) is 5.35. The minimum absolute atomic E-state index is 0.0423. The molecule has 0 fully saturated rings. The van der Waals surface area contributed by atoms with Gasteiger partial charge in [0.05, 0.1) is 6.61 Å². The molecule has 0 saturated carbocycles. The molecular weight excluding hydrogens is 264 g/mol. The molecule has 0 aliphatic carbocycles. The van der Waals surface area contributed by atoms with Crippen LogP contribution >= 0.6 is 0 Å². The SMILES string of the molecule is Cc1ccc(NC(=O)COCCc2ccccc2)cc1N. The lowest BCUT2D eigenvalue weighted by Crippen LogP contribution is -2.19. The van der Waals surface area contributed by atoms with Gasteiger partial charge in [-0.05, 0) is 36.6 Å². The molecule has 0 radical (unpaired) electrons. The summed E-state index contributed by atoms with van der Waals surface area (Å²) in [4.78, 5) is 11.7. The Hall–Kier alpha value is -2.33. The van der Waals surface area contributed by atoms with E-state index in [9.17, 15) is 4.79 Å². The fourth-order valence-electron chi connectivity index (χ4n) is 1.91. The summed E-state index contributed by atoms with van der Waals surface area (Å²) >= 11 is 0. The Morgan fingerprint density at radius 3 is 2.67 bits per heavy atom. The van der Waals surface area contributed by atoms with Gasteiger partial charge in [-0.25, -0.2) is 0 Å². The lowest BCUT2D eigenvalue weighted by Gasteiger charge is -2.08. The quantitative estimate of drug-likeness (QED) is 0.633. The topological polar surface area (TPSA) is 64.3 Å². The second kappa shape index (κ2) is 7.45. The summed E-state index contributed by atoms with van der Waals surface area (Å²) < 4.78 is 5.38. The van der Waals surface area contributed by atoms with Crippen LogP contribution in [0.5, 0.6) is 0 Å². The highest BCUT2D eigenvalue weighted by atomic mass is 16.5. The van der Waals surface area contributed by atoms with Crippen molar-refractivity contribution in [1.29, 1.82) is 0 Å². The maximum Gasteiger partial charge on any atom is 0.250 e. The van der Waals surface area contributed by atoms with Gasteiger partial charge in [0.25, 0.3) is 0 Å². The first kappa shape index (κ1) is 15.1. The number of nitrogen functional groups attached to an aromatic ring is 1. The smallest absolute Gasteiger partial charge is 0.250 e. The van der Waals surface area contributed by atoms with Crippen LogP contribution in [0.4, 0.5) is 11.4 Å². The van der Waals surface area contributed by atoms with Gasteiger partial charge in [0, 0.05) is 11.4 Å². The molecule has 2 aromatic rings. The van der Waals surface area contributed by atoms with Crippen molar-refractivity contribution >= 4 is 17.3 Å². The molecule has 21 heavy (non-hydrogen) atoms. The average molecular weight is 284 g/mol. The molecule has 0 saturated heterocycles. The zero-order chi connectivity index (χ0) is 15.1. The lowest BCUT2D eigenvalue weighted by molar-refractivity contribution is -0.120. The van der Waals surface area contributed by atoms with Gasteiger partial charge in [-0.15, -0.1) is 0 Å². The number of carbonyl (C=O) groups excluding carboxylic acids is 1. The third-order valence-electron chi connectivity index (χ3n) is 3.17. The number of nitrogens with two attached hydrogens (primary N) is 1. The van der Waals surface area contributed by atoms with Crippen LogP contribution < -0.4 is 11.1 Å². The fraction of sp³-hybridized carbons (Fsp3) is 0.235. The van der Waals surface area contributed by atoms with E-state index in [1.165, 1.54) is 5.56 Å². The average Bonchev–Trinajstić information content (AvgIpc) is 2.49. The van der Waals surface area contributed by atoms with E-state index in [1.54, 1.807) is 6.07 Å².